The zero-order chi connectivity index (χ0) is 14.5. The average Bonchev–Trinajstić information content (AvgIpc) is 3.06. The maximum absolute atomic E-state index is 6.12. The van der Waals surface area contributed by atoms with Crippen LogP contribution in [0.25, 0.3) is 0 Å². The minimum Gasteiger partial charge on any atom is -0.372 e. The van der Waals surface area contributed by atoms with E-state index < -0.39 is 0 Å². The summed E-state index contributed by atoms with van der Waals surface area (Å²) in [4.78, 5) is 1.39. The molecule has 0 aliphatic heterocycles. The summed E-state index contributed by atoms with van der Waals surface area (Å²) in [7, 11) is 0. The third-order valence-electron chi connectivity index (χ3n) is 4.16. The Kier molecular flexibility index (Phi) is 5.07. The molecule has 2 atom stereocenters. The molecule has 0 spiro atoms. The van der Waals surface area contributed by atoms with E-state index in [2.05, 4.69) is 54.0 Å². The largest absolute Gasteiger partial charge is 0.372 e. The number of ether oxygens (including phenoxy) is 1. The molecule has 1 aromatic carbocycles. The van der Waals surface area contributed by atoms with E-state index in [9.17, 15) is 0 Å². The second-order valence-electron chi connectivity index (χ2n) is 5.64. The van der Waals surface area contributed by atoms with Crippen LogP contribution in [0.3, 0.4) is 0 Å². The van der Waals surface area contributed by atoms with Gasteiger partial charge in [-0.05, 0) is 48.8 Å². The van der Waals surface area contributed by atoms with E-state index in [1.54, 1.807) is 11.3 Å². The third-order valence-corrected chi connectivity index (χ3v) is 5.21. The van der Waals surface area contributed by atoms with Gasteiger partial charge in [-0.25, -0.2) is 0 Å². The Hall–Kier alpha value is -1.16. The number of thiophene rings is 1. The minimum absolute atomic E-state index is 0.286. The lowest BCUT2D eigenvalue weighted by molar-refractivity contribution is 0.0418. The second-order valence-corrected chi connectivity index (χ2v) is 6.62. The molecule has 0 amide bonds. The highest BCUT2D eigenvalue weighted by atomic mass is 32.1. The molecule has 112 valence electrons. The first kappa shape index (κ1) is 14.8. The molecule has 2 aromatic rings. The molecule has 0 saturated heterocycles. The molecular weight excluding hydrogens is 278 g/mol. The number of benzene rings is 1. The van der Waals surface area contributed by atoms with Gasteiger partial charge in [-0.15, -0.1) is 11.3 Å². The zero-order valence-electron chi connectivity index (χ0n) is 12.5. The lowest BCUT2D eigenvalue weighted by Gasteiger charge is -2.26. The van der Waals surface area contributed by atoms with Crippen molar-refractivity contribution < 1.29 is 4.74 Å². The van der Waals surface area contributed by atoms with Gasteiger partial charge in [-0.2, -0.15) is 0 Å². The van der Waals surface area contributed by atoms with Crippen LogP contribution in [0.15, 0.2) is 41.8 Å². The van der Waals surface area contributed by atoms with Crippen molar-refractivity contribution in [2.75, 3.05) is 13.2 Å². The SMILES string of the molecule is CC(NCCOC1CCCc2ccccc21)c1cccs1. The van der Waals surface area contributed by atoms with E-state index in [1.165, 1.54) is 28.8 Å². The van der Waals surface area contributed by atoms with E-state index in [-0.39, 0.29) is 6.10 Å². The Morgan fingerprint density at radius 2 is 2.19 bits per heavy atom. The van der Waals surface area contributed by atoms with Crippen LogP contribution >= 0.6 is 11.3 Å². The molecule has 1 aromatic heterocycles. The first-order valence-corrected chi connectivity index (χ1v) is 8.69. The smallest absolute Gasteiger partial charge is 0.0828 e. The molecule has 1 aliphatic rings. The average molecular weight is 301 g/mol. The lowest BCUT2D eigenvalue weighted by Crippen LogP contribution is -2.24. The molecule has 1 N–H and O–H groups in total. The van der Waals surface area contributed by atoms with Crippen molar-refractivity contribution >= 4 is 11.3 Å². The van der Waals surface area contributed by atoms with E-state index >= 15 is 0 Å². The molecule has 0 radical (unpaired) electrons. The zero-order valence-corrected chi connectivity index (χ0v) is 13.4. The summed E-state index contributed by atoms with van der Waals surface area (Å²) in [6, 6.07) is 13.4. The van der Waals surface area contributed by atoms with E-state index in [0.717, 1.165) is 19.6 Å². The summed E-state index contributed by atoms with van der Waals surface area (Å²) in [6.45, 7) is 3.88. The van der Waals surface area contributed by atoms with Crippen LogP contribution in [-0.4, -0.2) is 13.2 Å². The Bertz CT molecular complexity index is 552. The van der Waals surface area contributed by atoms with Crippen LogP contribution in [0.5, 0.6) is 0 Å². The minimum atomic E-state index is 0.286. The number of hydrogen-bond donors (Lipinski definition) is 1. The summed E-state index contributed by atoms with van der Waals surface area (Å²) in [5.74, 6) is 0. The van der Waals surface area contributed by atoms with Gasteiger partial charge in [0.25, 0.3) is 0 Å². The number of aryl methyl sites for hydroxylation is 1. The third kappa shape index (κ3) is 3.73. The second kappa shape index (κ2) is 7.21. The normalized spacial score (nSPS) is 19.2. The molecule has 1 heterocycles. The molecule has 0 bridgehead atoms. The van der Waals surface area contributed by atoms with Gasteiger partial charge in [0.1, 0.15) is 0 Å². The predicted molar refractivity (Wildman–Crippen MR) is 88.8 cm³/mol. The van der Waals surface area contributed by atoms with Crippen LogP contribution in [-0.2, 0) is 11.2 Å². The Morgan fingerprint density at radius 3 is 3.05 bits per heavy atom. The van der Waals surface area contributed by atoms with Crippen molar-refractivity contribution in [3.05, 3.63) is 57.8 Å². The predicted octanol–water partition coefficient (Wildman–Crippen LogP) is 4.49. The molecule has 3 heteroatoms. The Labute approximate surface area is 131 Å². The van der Waals surface area contributed by atoms with Crippen LogP contribution < -0.4 is 5.32 Å². The molecule has 2 nitrogen and oxygen atoms in total. The summed E-state index contributed by atoms with van der Waals surface area (Å²) >= 11 is 1.80. The number of rotatable bonds is 6. The quantitative estimate of drug-likeness (QED) is 0.794. The van der Waals surface area contributed by atoms with Gasteiger partial charge in [-0.1, -0.05) is 30.3 Å². The van der Waals surface area contributed by atoms with Gasteiger partial charge < -0.3 is 10.1 Å². The first-order chi connectivity index (χ1) is 10.3. The molecule has 0 fully saturated rings. The van der Waals surface area contributed by atoms with Crippen molar-refractivity contribution in [3.63, 3.8) is 0 Å². The van der Waals surface area contributed by atoms with E-state index in [0.29, 0.717) is 6.04 Å². The fraction of sp³-hybridized carbons (Fsp3) is 0.444. The summed E-state index contributed by atoms with van der Waals surface area (Å²) in [6.07, 6.45) is 3.87. The molecular formula is C18H23NOS. The van der Waals surface area contributed by atoms with Gasteiger partial charge in [0.15, 0.2) is 0 Å². The van der Waals surface area contributed by atoms with Crippen LogP contribution in [0.4, 0.5) is 0 Å². The van der Waals surface area contributed by atoms with Crippen molar-refractivity contribution in [2.24, 2.45) is 0 Å². The van der Waals surface area contributed by atoms with Gasteiger partial charge in [0.2, 0.25) is 0 Å². The molecule has 1 aliphatic carbocycles. The van der Waals surface area contributed by atoms with Crippen molar-refractivity contribution in [1.29, 1.82) is 0 Å². The molecule has 0 saturated carbocycles. The number of fused-ring (bicyclic) bond motifs is 1. The van der Waals surface area contributed by atoms with Crippen LogP contribution in [0.2, 0.25) is 0 Å². The highest BCUT2D eigenvalue weighted by Gasteiger charge is 2.19. The van der Waals surface area contributed by atoms with Crippen molar-refractivity contribution in [3.8, 4) is 0 Å². The maximum atomic E-state index is 6.12. The highest BCUT2D eigenvalue weighted by Crippen LogP contribution is 2.32. The van der Waals surface area contributed by atoms with Crippen molar-refractivity contribution in [1.82, 2.24) is 5.32 Å². The highest BCUT2D eigenvalue weighted by molar-refractivity contribution is 7.10. The molecule has 3 rings (SSSR count). The Morgan fingerprint density at radius 1 is 1.29 bits per heavy atom. The van der Waals surface area contributed by atoms with E-state index in [1.807, 2.05) is 0 Å². The summed E-state index contributed by atoms with van der Waals surface area (Å²) < 4.78 is 6.12. The lowest BCUT2D eigenvalue weighted by atomic mass is 9.89. The molecule has 21 heavy (non-hydrogen) atoms. The van der Waals surface area contributed by atoms with Crippen LogP contribution in [0, 0.1) is 0 Å². The topological polar surface area (TPSA) is 21.3 Å². The molecule has 2 unspecified atom stereocenters. The summed E-state index contributed by atoms with van der Waals surface area (Å²) in [5, 5.41) is 5.66. The standard InChI is InChI=1S/C18H23NOS/c1-14(18-10-5-13-21-18)19-11-12-20-17-9-4-7-15-6-2-3-8-16(15)17/h2-3,5-6,8,10,13-14,17,19H,4,7,9,11-12H2,1H3. The monoisotopic (exact) mass is 301 g/mol. The van der Waals surface area contributed by atoms with Crippen molar-refractivity contribution in [2.45, 2.75) is 38.3 Å². The fourth-order valence-corrected chi connectivity index (χ4v) is 3.76. The van der Waals surface area contributed by atoms with Gasteiger partial charge >= 0.3 is 0 Å². The number of hydrogen-bond acceptors (Lipinski definition) is 3. The Balaban J connectivity index is 1.46. The van der Waals surface area contributed by atoms with Crippen LogP contribution in [0.1, 0.15) is 47.9 Å². The van der Waals surface area contributed by atoms with E-state index in [4.69, 9.17) is 4.74 Å². The van der Waals surface area contributed by atoms with Gasteiger partial charge in [-0.3, -0.25) is 0 Å². The van der Waals surface area contributed by atoms with Gasteiger partial charge in [0, 0.05) is 17.5 Å². The fourth-order valence-electron chi connectivity index (χ4n) is 3.00. The summed E-state index contributed by atoms with van der Waals surface area (Å²) in [5.41, 5.74) is 2.86. The first-order valence-electron chi connectivity index (χ1n) is 7.81. The maximum Gasteiger partial charge on any atom is 0.0828 e. The van der Waals surface area contributed by atoms with Gasteiger partial charge in [0.05, 0.1) is 12.7 Å². The number of nitrogens with one attached hydrogen (secondary N) is 1.